The van der Waals surface area contributed by atoms with Crippen LogP contribution in [0.25, 0.3) is 11.0 Å². The number of hydrogen-bond donors (Lipinski definition) is 1. The second-order valence-corrected chi connectivity index (χ2v) is 7.39. The smallest absolute Gasteiger partial charge is 0.232 e. The molecule has 1 fully saturated rings. The lowest BCUT2D eigenvalue weighted by molar-refractivity contribution is -0.121. The summed E-state index contributed by atoms with van der Waals surface area (Å²) < 4.78 is 5.79. The van der Waals surface area contributed by atoms with Gasteiger partial charge in [0.2, 0.25) is 5.91 Å². The van der Waals surface area contributed by atoms with E-state index < -0.39 is 0 Å². The molecule has 142 valence electrons. The third-order valence-corrected chi connectivity index (χ3v) is 5.45. The Morgan fingerprint density at radius 3 is 2.54 bits per heavy atom. The summed E-state index contributed by atoms with van der Waals surface area (Å²) in [5, 5.41) is 3.05. The molecule has 0 radical (unpaired) electrons. The second-order valence-electron chi connectivity index (χ2n) is 7.39. The Bertz CT molecular complexity index is 1030. The maximum absolute atomic E-state index is 13.0. The lowest BCUT2D eigenvalue weighted by atomic mass is 9.96. The van der Waals surface area contributed by atoms with E-state index >= 15 is 0 Å². The first-order valence-electron chi connectivity index (χ1n) is 9.81. The van der Waals surface area contributed by atoms with Gasteiger partial charge < -0.3 is 15.0 Å². The first-order chi connectivity index (χ1) is 13.8. The number of nitrogens with one attached hydrogen (secondary N) is 1. The van der Waals surface area contributed by atoms with Crippen molar-refractivity contribution in [3.05, 3.63) is 54.1 Å². The molecule has 5 rings (SSSR count). The number of rotatable bonds is 3. The van der Waals surface area contributed by atoms with E-state index in [-0.39, 0.29) is 11.8 Å². The van der Waals surface area contributed by atoms with Crippen LogP contribution in [-0.4, -0.2) is 35.6 Å². The van der Waals surface area contributed by atoms with Crippen molar-refractivity contribution in [2.24, 2.45) is 5.92 Å². The van der Waals surface area contributed by atoms with Gasteiger partial charge in [0.25, 0.3) is 0 Å². The van der Waals surface area contributed by atoms with Crippen LogP contribution in [0.3, 0.4) is 0 Å². The molecular formula is C22H22N4O2. The molecule has 1 atom stereocenters. The SMILES string of the molecule is O=C(Nc1nc2ccccc2nc1N1CCCC1)[C@@H]1COc2ccccc2C1. The summed E-state index contributed by atoms with van der Waals surface area (Å²) in [5.74, 6) is 1.87. The van der Waals surface area contributed by atoms with Gasteiger partial charge in [0, 0.05) is 13.1 Å². The highest BCUT2D eigenvalue weighted by Crippen LogP contribution is 2.30. The number of hydrogen-bond acceptors (Lipinski definition) is 5. The van der Waals surface area contributed by atoms with E-state index in [0.29, 0.717) is 18.8 Å². The molecule has 1 aromatic heterocycles. The lowest BCUT2D eigenvalue weighted by Gasteiger charge is -2.25. The monoisotopic (exact) mass is 374 g/mol. The van der Waals surface area contributed by atoms with Crippen molar-refractivity contribution < 1.29 is 9.53 Å². The van der Waals surface area contributed by atoms with Crippen LogP contribution in [0.4, 0.5) is 11.6 Å². The molecule has 0 bridgehead atoms. The summed E-state index contributed by atoms with van der Waals surface area (Å²) in [7, 11) is 0. The summed E-state index contributed by atoms with van der Waals surface area (Å²) in [6, 6.07) is 15.7. The van der Waals surface area contributed by atoms with Crippen molar-refractivity contribution in [3.63, 3.8) is 0 Å². The Morgan fingerprint density at radius 1 is 1.00 bits per heavy atom. The van der Waals surface area contributed by atoms with Gasteiger partial charge in [-0.15, -0.1) is 0 Å². The molecule has 0 spiro atoms. The molecule has 3 aromatic rings. The predicted octanol–water partition coefficient (Wildman–Crippen LogP) is 3.42. The van der Waals surface area contributed by atoms with Gasteiger partial charge in [-0.3, -0.25) is 4.79 Å². The number of para-hydroxylation sites is 3. The minimum Gasteiger partial charge on any atom is -0.492 e. The Balaban J connectivity index is 1.44. The number of nitrogens with zero attached hydrogens (tertiary/aromatic N) is 3. The highest BCUT2D eigenvalue weighted by molar-refractivity contribution is 5.96. The van der Waals surface area contributed by atoms with Crippen LogP contribution in [0.5, 0.6) is 5.75 Å². The average Bonchev–Trinajstić information content (AvgIpc) is 3.27. The number of benzene rings is 2. The van der Waals surface area contributed by atoms with Crippen molar-refractivity contribution in [1.82, 2.24) is 9.97 Å². The first kappa shape index (κ1) is 17.0. The van der Waals surface area contributed by atoms with E-state index in [0.717, 1.165) is 54.1 Å². The zero-order valence-electron chi connectivity index (χ0n) is 15.6. The number of carbonyl (C=O) groups excluding carboxylic acids is 1. The minimum absolute atomic E-state index is 0.0699. The van der Waals surface area contributed by atoms with Gasteiger partial charge in [0.05, 0.1) is 17.0 Å². The van der Waals surface area contributed by atoms with E-state index in [4.69, 9.17) is 14.7 Å². The molecule has 6 nitrogen and oxygen atoms in total. The topological polar surface area (TPSA) is 67.4 Å². The Hall–Kier alpha value is -3.15. The summed E-state index contributed by atoms with van der Waals surface area (Å²) in [6.07, 6.45) is 2.94. The summed E-state index contributed by atoms with van der Waals surface area (Å²) in [4.78, 5) is 24.7. The van der Waals surface area contributed by atoms with Crippen LogP contribution in [0, 0.1) is 5.92 Å². The quantitative estimate of drug-likeness (QED) is 0.761. The van der Waals surface area contributed by atoms with Crippen LogP contribution in [-0.2, 0) is 11.2 Å². The normalized spacial score (nSPS) is 18.6. The molecular weight excluding hydrogens is 352 g/mol. The lowest BCUT2D eigenvalue weighted by Crippen LogP contribution is -2.33. The van der Waals surface area contributed by atoms with Crippen LogP contribution in [0.2, 0.25) is 0 Å². The van der Waals surface area contributed by atoms with Gasteiger partial charge in [-0.2, -0.15) is 0 Å². The molecule has 0 unspecified atom stereocenters. The van der Waals surface area contributed by atoms with Crippen LogP contribution in [0.15, 0.2) is 48.5 Å². The first-order valence-corrected chi connectivity index (χ1v) is 9.81. The fourth-order valence-electron chi connectivity index (χ4n) is 3.94. The molecule has 1 amide bonds. The largest absolute Gasteiger partial charge is 0.492 e. The van der Waals surface area contributed by atoms with Crippen LogP contribution < -0.4 is 15.0 Å². The zero-order chi connectivity index (χ0) is 18.9. The number of ether oxygens (including phenoxy) is 1. The molecule has 2 aliphatic rings. The van der Waals surface area contributed by atoms with Crippen molar-refractivity contribution in [3.8, 4) is 5.75 Å². The average molecular weight is 374 g/mol. The highest BCUT2D eigenvalue weighted by atomic mass is 16.5. The Kier molecular flexibility index (Phi) is 4.31. The molecule has 2 aromatic carbocycles. The van der Waals surface area contributed by atoms with E-state index in [1.165, 1.54) is 0 Å². The number of aromatic nitrogens is 2. The fourth-order valence-corrected chi connectivity index (χ4v) is 3.94. The van der Waals surface area contributed by atoms with Crippen molar-refractivity contribution in [2.75, 3.05) is 29.9 Å². The molecule has 6 heteroatoms. The van der Waals surface area contributed by atoms with Gasteiger partial charge in [-0.25, -0.2) is 9.97 Å². The van der Waals surface area contributed by atoms with E-state index in [9.17, 15) is 4.79 Å². The van der Waals surface area contributed by atoms with Gasteiger partial charge in [0.1, 0.15) is 12.4 Å². The molecule has 28 heavy (non-hydrogen) atoms. The molecule has 1 N–H and O–H groups in total. The predicted molar refractivity (Wildman–Crippen MR) is 109 cm³/mol. The van der Waals surface area contributed by atoms with Gasteiger partial charge >= 0.3 is 0 Å². The molecule has 3 heterocycles. The third-order valence-electron chi connectivity index (χ3n) is 5.45. The van der Waals surface area contributed by atoms with Crippen molar-refractivity contribution in [2.45, 2.75) is 19.3 Å². The molecule has 1 saturated heterocycles. The standard InChI is InChI=1S/C22H22N4O2/c27-22(16-13-15-7-1-4-10-19(15)28-14-16)25-20-21(26-11-5-6-12-26)24-18-9-3-2-8-17(18)23-20/h1-4,7-10,16H,5-6,11-14H2,(H,23,25,27)/t16-/m0/s1. The minimum atomic E-state index is -0.241. The van der Waals surface area contributed by atoms with Crippen LogP contribution in [0.1, 0.15) is 18.4 Å². The fraction of sp³-hybridized carbons (Fsp3) is 0.318. The number of anilines is 2. The Morgan fingerprint density at radius 2 is 1.71 bits per heavy atom. The number of amides is 1. The Labute approximate surface area is 163 Å². The summed E-state index contributed by atoms with van der Waals surface area (Å²) in [6.45, 7) is 2.26. The number of carbonyl (C=O) groups is 1. The van der Waals surface area contributed by atoms with Crippen molar-refractivity contribution >= 4 is 28.6 Å². The van der Waals surface area contributed by atoms with Gasteiger partial charge in [-0.1, -0.05) is 30.3 Å². The summed E-state index contributed by atoms with van der Waals surface area (Å²) >= 11 is 0. The van der Waals surface area contributed by atoms with E-state index in [1.54, 1.807) is 0 Å². The second kappa shape index (κ2) is 7.11. The molecule has 0 aliphatic carbocycles. The highest BCUT2D eigenvalue weighted by Gasteiger charge is 2.28. The third kappa shape index (κ3) is 3.15. The summed E-state index contributed by atoms with van der Waals surface area (Å²) in [5.41, 5.74) is 2.70. The zero-order valence-corrected chi connectivity index (χ0v) is 15.6. The van der Waals surface area contributed by atoms with Crippen LogP contribution >= 0.6 is 0 Å². The maximum Gasteiger partial charge on any atom is 0.232 e. The van der Waals surface area contributed by atoms with Gasteiger partial charge in [-0.05, 0) is 43.0 Å². The number of fused-ring (bicyclic) bond motifs is 2. The van der Waals surface area contributed by atoms with E-state index in [2.05, 4.69) is 10.2 Å². The molecule has 0 saturated carbocycles. The van der Waals surface area contributed by atoms with Crippen molar-refractivity contribution in [1.29, 1.82) is 0 Å². The van der Waals surface area contributed by atoms with E-state index in [1.807, 2.05) is 48.5 Å². The maximum atomic E-state index is 13.0. The molecule has 2 aliphatic heterocycles. The van der Waals surface area contributed by atoms with Gasteiger partial charge in [0.15, 0.2) is 11.6 Å².